The van der Waals surface area contributed by atoms with E-state index >= 15 is 0 Å². The topological polar surface area (TPSA) is 24.9 Å². The number of pyridine rings is 1. The van der Waals surface area contributed by atoms with Gasteiger partial charge in [0.05, 0.1) is 11.9 Å². The first-order chi connectivity index (χ1) is 8.54. The van der Waals surface area contributed by atoms with E-state index in [2.05, 4.69) is 10.3 Å². The van der Waals surface area contributed by atoms with Gasteiger partial charge in [-0.1, -0.05) is 23.2 Å². The average Bonchev–Trinajstić information content (AvgIpc) is 2.26. The first-order valence-electron chi connectivity index (χ1n) is 5.35. The standard InChI is InChI=1S/C13H11Cl2FN2/c1-8-2-13(15)18-7-12(8)17-6-9-3-10(14)5-11(16)4-9/h2-5,7,17H,6H2,1H3. The molecule has 0 radical (unpaired) electrons. The number of halogens is 3. The molecule has 0 aliphatic rings. The van der Waals surface area contributed by atoms with Gasteiger partial charge in [0.25, 0.3) is 0 Å². The lowest BCUT2D eigenvalue weighted by Crippen LogP contribution is -2.02. The number of aryl methyl sites for hydroxylation is 1. The summed E-state index contributed by atoms with van der Waals surface area (Å²) in [4.78, 5) is 3.99. The molecule has 0 fully saturated rings. The predicted octanol–water partition coefficient (Wildman–Crippen LogP) is 4.45. The molecule has 94 valence electrons. The van der Waals surface area contributed by atoms with Crippen molar-refractivity contribution in [2.45, 2.75) is 13.5 Å². The summed E-state index contributed by atoms with van der Waals surface area (Å²) in [5, 5.41) is 4.00. The number of benzene rings is 1. The number of nitrogens with one attached hydrogen (secondary N) is 1. The highest BCUT2D eigenvalue weighted by atomic mass is 35.5. The van der Waals surface area contributed by atoms with Gasteiger partial charge in [-0.15, -0.1) is 0 Å². The Bertz CT molecular complexity index is 553. The summed E-state index contributed by atoms with van der Waals surface area (Å²) in [5.41, 5.74) is 2.62. The van der Waals surface area contributed by atoms with Gasteiger partial charge in [-0.3, -0.25) is 0 Å². The van der Waals surface area contributed by atoms with E-state index in [4.69, 9.17) is 23.2 Å². The summed E-state index contributed by atoms with van der Waals surface area (Å²) in [5.74, 6) is -0.342. The Kier molecular flexibility index (Phi) is 4.04. The fourth-order valence-corrected chi connectivity index (χ4v) is 2.07. The third-order valence-electron chi connectivity index (χ3n) is 2.48. The van der Waals surface area contributed by atoms with Crippen molar-refractivity contribution >= 4 is 28.9 Å². The van der Waals surface area contributed by atoms with Crippen molar-refractivity contribution in [1.82, 2.24) is 4.98 Å². The molecule has 0 atom stereocenters. The van der Waals surface area contributed by atoms with Gasteiger partial charge in [0, 0.05) is 11.6 Å². The Labute approximate surface area is 115 Å². The van der Waals surface area contributed by atoms with Crippen molar-refractivity contribution in [3.63, 3.8) is 0 Å². The Morgan fingerprint density at radius 3 is 2.67 bits per heavy atom. The van der Waals surface area contributed by atoms with Crippen molar-refractivity contribution in [3.05, 3.63) is 57.6 Å². The van der Waals surface area contributed by atoms with Crippen LogP contribution in [0.4, 0.5) is 10.1 Å². The van der Waals surface area contributed by atoms with Crippen LogP contribution in [0.15, 0.2) is 30.5 Å². The summed E-state index contributed by atoms with van der Waals surface area (Å²) in [6.45, 7) is 2.40. The number of nitrogens with zero attached hydrogens (tertiary/aromatic N) is 1. The molecule has 2 aromatic rings. The molecule has 0 bridgehead atoms. The molecule has 1 heterocycles. The van der Waals surface area contributed by atoms with Crippen LogP contribution in [0, 0.1) is 12.7 Å². The molecule has 1 N–H and O–H groups in total. The maximum absolute atomic E-state index is 13.1. The van der Waals surface area contributed by atoms with Crippen molar-refractivity contribution in [1.29, 1.82) is 0 Å². The molecular formula is C13H11Cl2FN2. The number of rotatable bonds is 3. The van der Waals surface area contributed by atoms with E-state index in [-0.39, 0.29) is 5.82 Å². The molecule has 18 heavy (non-hydrogen) atoms. The van der Waals surface area contributed by atoms with Crippen molar-refractivity contribution < 1.29 is 4.39 Å². The normalized spacial score (nSPS) is 10.4. The monoisotopic (exact) mass is 284 g/mol. The summed E-state index contributed by atoms with van der Waals surface area (Å²) in [7, 11) is 0. The van der Waals surface area contributed by atoms with Crippen LogP contribution >= 0.6 is 23.2 Å². The SMILES string of the molecule is Cc1cc(Cl)ncc1NCc1cc(F)cc(Cl)c1. The van der Waals surface area contributed by atoms with Crippen LogP contribution in [0.1, 0.15) is 11.1 Å². The largest absolute Gasteiger partial charge is 0.380 e. The number of anilines is 1. The van der Waals surface area contributed by atoms with E-state index in [1.807, 2.05) is 6.92 Å². The van der Waals surface area contributed by atoms with Gasteiger partial charge >= 0.3 is 0 Å². The average molecular weight is 285 g/mol. The summed E-state index contributed by atoms with van der Waals surface area (Å²) in [6.07, 6.45) is 1.65. The lowest BCUT2D eigenvalue weighted by atomic mass is 10.2. The van der Waals surface area contributed by atoms with Crippen LogP contribution < -0.4 is 5.32 Å². The minimum absolute atomic E-state index is 0.342. The highest BCUT2D eigenvalue weighted by Crippen LogP contribution is 2.19. The highest BCUT2D eigenvalue weighted by molar-refractivity contribution is 6.30. The lowest BCUT2D eigenvalue weighted by Gasteiger charge is -2.09. The van der Waals surface area contributed by atoms with Crippen LogP contribution in [0.2, 0.25) is 10.2 Å². The Morgan fingerprint density at radius 2 is 2.00 bits per heavy atom. The van der Waals surface area contributed by atoms with E-state index < -0.39 is 0 Å². The highest BCUT2D eigenvalue weighted by Gasteiger charge is 2.02. The molecule has 5 heteroatoms. The fraction of sp³-hybridized carbons (Fsp3) is 0.154. The third kappa shape index (κ3) is 3.34. The molecule has 2 rings (SSSR count). The second kappa shape index (κ2) is 5.55. The van der Waals surface area contributed by atoms with Gasteiger partial charge in [-0.05, 0) is 42.3 Å². The van der Waals surface area contributed by atoms with Gasteiger partial charge in [0.15, 0.2) is 0 Å². The number of hydrogen-bond acceptors (Lipinski definition) is 2. The summed E-state index contributed by atoms with van der Waals surface area (Å²) in [6, 6.07) is 6.20. The van der Waals surface area contributed by atoms with Crippen LogP contribution in [0.5, 0.6) is 0 Å². The van der Waals surface area contributed by atoms with Crippen LogP contribution in [-0.4, -0.2) is 4.98 Å². The Balaban J connectivity index is 2.11. The minimum Gasteiger partial charge on any atom is -0.380 e. The molecule has 0 saturated carbocycles. The zero-order chi connectivity index (χ0) is 13.1. The predicted molar refractivity (Wildman–Crippen MR) is 72.7 cm³/mol. The van der Waals surface area contributed by atoms with Gasteiger partial charge < -0.3 is 5.32 Å². The zero-order valence-corrected chi connectivity index (χ0v) is 11.2. The first-order valence-corrected chi connectivity index (χ1v) is 6.11. The molecule has 0 aliphatic carbocycles. The molecule has 0 spiro atoms. The van der Waals surface area contributed by atoms with Crippen LogP contribution in [0.25, 0.3) is 0 Å². The Morgan fingerprint density at radius 1 is 1.22 bits per heavy atom. The van der Waals surface area contributed by atoms with Gasteiger partial charge in [-0.2, -0.15) is 0 Å². The van der Waals surface area contributed by atoms with E-state index in [0.717, 1.165) is 16.8 Å². The lowest BCUT2D eigenvalue weighted by molar-refractivity contribution is 0.626. The molecule has 1 aromatic heterocycles. The summed E-state index contributed by atoms with van der Waals surface area (Å²) >= 11 is 11.6. The van der Waals surface area contributed by atoms with Crippen LogP contribution in [-0.2, 0) is 6.54 Å². The maximum atomic E-state index is 13.1. The summed E-state index contributed by atoms with van der Waals surface area (Å²) < 4.78 is 13.1. The quantitative estimate of drug-likeness (QED) is 0.843. The second-order valence-electron chi connectivity index (χ2n) is 3.95. The van der Waals surface area contributed by atoms with Crippen molar-refractivity contribution in [2.24, 2.45) is 0 Å². The molecule has 0 unspecified atom stereocenters. The molecular weight excluding hydrogens is 274 g/mol. The molecule has 2 nitrogen and oxygen atoms in total. The van der Waals surface area contributed by atoms with E-state index in [1.165, 1.54) is 12.1 Å². The smallest absolute Gasteiger partial charge is 0.129 e. The maximum Gasteiger partial charge on any atom is 0.129 e. The first kappa shape index (κ1) is 13.1. The van der Waals surface area contributed by atoms with Crippen molar-refractivity contribution in [2.75, 3.05) is 5.32 Å². The van der Waals surface area contributed by atoms with Gasteiger partial charge in [0.1, 0.15) is 11.0 Å². The minimum atomic E-state index is -0.342. The Hall–Kier alpha value is -1.32. The molecule has 1 aromatic carbocycles. The second-order valence-corrected chi connectivity index (χ2v) is 4.78. The third-order valence-corrected chi connectivity index (χ3v) is 2.91. The van der Waals surface area contributed by atoms with Crippen LogP contribution in [0.3, 0.4) is 0 Å². The van der Waals surface area contributed by atoms with E-state index in [9.17, 15) is 4.39 Å². The van der Waals surface area contributed by atoms with Gasteiger partial charge in [0.2, 0.25) is 0 Å². The zero-order valence-electron chi connectivity index (χ0n) is 9.67. The molecule has 0 amide bonds. The van der Waals surface area contributed by atoms with E-state index in [0.29, 0.717) is 16.7 Å². The number of hydrogen-bond donors (Lipinski definition) is 1. The van der Waals surface area contributed by atoms with Gasteiger partial charge in [-0.25, -0.2) is 9.37 Å². The molecule has 0 saturated heterocycles. The molecule has 0 aliphatic heterocycles. The van der Waals surface area contributed by atoms with Crippen molar-refractivity contribution in [3.8, 4) is 0 Å². The van der Waals surface area contributed by atoms with E-state index in [1.54, 1.807) is 18.3 Å². The number of aromatic nitrogens is 1. The fourth-order valence-electron chi connectivity index (χ4n) is 1.62.